The quantitative estimate of drug-likeness (QED) is 0.633. The number of para-hydroxylation sites is 4. The number of carbonyl (C=O) groups is 2. The smallest absolute Gasteiger partial charge is 0.228 e. The second-order valence-electron chi connectivity index (χ2n) is 6.82. The molecule has 1 aliphatic carbocycles. The van der Waals surface area contributed by atoms with Gasteiger partial charge in [-0.05, 0) is 42.8 Å². The molecule has 1 aliphatic rings. The SMILES string of the molecule is O=C(Nc1ccccc1F)C1CC1C(=O)Nc1ccccc1Oc1ccccc1. The Labute approximate surface area is 167 Å². The number of ether oxygens (including phenoxy) is 1. The molecule has 0 bridgehead atoms. The number of carbonyl (C=O) groups excluding carboxylic acids is 2. The Balaban J connectivity index is 1.38. The monoisotopic (exact) mass is 390 g/mol. The molecule has 2 N–H and O–H groups in total. The van der Waals surface area contributed by atoms with Gasteiger partial charge >= 0.3 is 0 Å². The molecule has 6 heteroatoms. The third-order valence-corrected chi connectivity index (χ3v) is 4.71. The van der Waals surface area contributed by atoms with Crippen LogP contribution in [0.15, 0.2) is 78.9 Å². The Hall–Kier alpha value is -3.67. The highest BCUT2D eigenvalue weighted by Crippen LogP contribution is 2.41. The van der Waals surface area contributed by atoms with Gasteiger partial charge in [-0.25, -0.2) is 4.39 Å². The predicted octanol–water partition coefficient (Wildman–Crippen LogP) is 4.83. The number of hydrogen-bond donors (Lipinski definition) is 2. The molecule has 3 aromatic carbocycles. The average molecular weight is 390 g/mol. The number of hydrogen-bond acceptors (Lipinski definition) is 3. The summed E-state index contributed by atoms with van der Waals surface area (Å²) < 4.78 is 19.5. The molecular weight excluding hydrogens is 371 g/mol. The Bertz CT molecular complexity index is 1040. The second-order valence-corrected chi connectivity index (χ2v) is 6.82. The molecule has 4 rings (SSSR count). The summed E-state index contributed by atoms with van der Waals surface area (Å²) in [7, 11) is 0. The molecule has 3 aromatic rings. The Kier molecular flexibility index (Phi) is 5.24. The first-order valence-corrected chi connectivity index (χ1v) is 9.30. The molecule has 0 spiro atoms. The van der Waals surface area contributed by atoms with Gasteiger partial charge in [0.1, 0.15) is 11.6 Å². The summed E-state index contributed by atoms with van der Waals surface area (Å²) in [5, 5.41) is 5.38. The molecule has 2 unspecified atom stereocenters. The van der Waals surface area contributed by atoms with Crippen LogP contribution < -0.4 is 15.4 Å². The summed E-state index contributed by atoms with van der Waals surface area (Å²) in [6.45, 7) is 0. The van der Waals surface area contributed by atoms with Gasteiger partial charge in [-0.3, -0.25) is 9.59 Å². The molecule has 29 heavy (non-hydrogen) atoms. The van der Waals surface area contributed by atoms with Gasteiger partial charge in [0.05, 0.1) is 23.2 Å². The van der Waals surface area contributed by atoms with Crippen LogP contribution in [0.1, 0.15) is 6.42 Å². The highest BCUT2D eigenvalue weighted by Gasteiger charge is 2.48. The number of rotatable bonds is 6. The van der Waals surface area contributed by atoms with E-state index in [1.165, 1.54) is 12.1 Å². The fraction of sp³-hybridized carbons (Fsp3) is 0.130. The number of benzene rings is 3. The van der Waals surface area contributed by atoms with Crippen molar-refractivity contribution in [1.29, 1.82) is 0 Å². The zero-order valence-electron chi connectivity index (χ0n) is 15.5. The first-order valence-electron chi connectivity index (χ1n) is 9.30. The van der Waals surface area contributed by atoms with Crippen LogP contribution in [0, 0.1) is 17.7 Å². The Morgan fingerprint density at radius 3 is 2.00 bits per heavy atom. The lowest BCUT2D eigenvalue weighted by Crippen LogP contribution is -2.21. The topological polar surface area (TPSA) is 67.4 Å². The van der Waals surface area contributed by atoms with Crippen LogP contribution in [0.2, 0.25) is 0 Å². The number of halogens is 1. The van der Waals surface area contributed by atoms with Gasteiger partial charge in [0.15, 0.2) is 5.75 Å². The first kappa shape index (κ1) is 18.7. The van der Waals surface area contributed by atoms with Crippen molar-refractivity contribution in [3.05, 3.63) is 84.7 Å². The Morgan fingerprint density at radius 2 is 1.31 bits per heavy atom. The molecule has 1 fully saturated rings. The summed E-state index contributed by atoms with van der Waals surface area (Å²) in [5.41, 5.74) is 0.645. The number of amides is 2. The third-order valence-electron chi connectivity index (χ3n) is 4.71. The van der Waals surface area contributed by atoms with Gasteiger partial charge in [-0.2, -0.15) is 0 Å². The molecule has 0 heterocycles. The molecule has 146 valence electrons. The van der Waals surface area contributed by atoms with Crippen molar-refractivity contribution >= 4 is 23.2 Å². The summed E-state index contributed by atoms with van der Waals surface area (Å²) >= 11 is 0. The van der Waals surface area contributed by atoms with Crippen LogP contribution in [0.25, 0.3) is 0 Å². The van der Waals surface area contributed by atoms with Crippen molar-refractivity contribution in [1.82, 2.24) is 0 Å². The van der Waals surface area contributed by atoms with Gasteiger partial charge in [-0.1, -0.05) is 42.5 Å². The van der Waals surface area contributed by atoms with Crippen molar-refractivity contribution in [2.75, 3.05) is 10.6 Å². The average Bonchev–Trinajstić information content (AvgIpc) is 3.53. The minimum absolute atomic E-state index is 0.116. The molecule has 0 aromatic heterocycles. The largest absolute Gasteiger partial charge is 0.455 e. The van der Waals surface area contributed by atoms with Crippen molar-refractivity contribution < 1.29 is 18.7 Å². The van der Waals surface area contributed by atoms with Gasteiger partial charge < -0.3 is 15.4 Å². The first-order chi connectivity index (χ1) is 14.1. The highest BCUT2D eigenvalue weighted by atomic mass is 19.1. The molecule has 0 radical (unpaired) electrons. The number of nitrogens with one attached hydrogen (secondary N) is 2. The zero-order chi connectivity index (χ0) is 20.2. The fourth-order valence-corrected chi connectivity index (χ4v) is 3.06. The lowest BCUT2D eigenvalue weighted by molar-refractivity contribution is -0.122. The van der Waals surface area contributed by atoms with E-state index in [0.717, 1.165) is 0 Å². The normalized spacial score (nSPS) is 17.3. The van der Waals surface area contributed by atoms with E-state index in [2.05, 4.69) is 10.6 Å². The Morgan fingerprint density at radius 1 is 0.759 bits per heavy atom. The minimum atomic E-state index is -0.505. The molecule has 2 atom stereocenters. The van der Waals surface area contributed by atoms with Crippen molar-refractivity contribution in [3.63, 3.8) is 0 Å². The van der Waals surface area contributed by atoms with E-state index in [0.29, 0.717) is 23.6 Å². The molecule has 2 amide bonds. The van der Waals surface area contributed by atoms with E-state index in [1.807, 2.05) is 36.4 Å². The van der Waals surface area contributed by atoms with Crippen molar-refractivity contribution in [2.45, 2.75) is 6.42 Å². The standard InChI is InChI=1S/C23H19FN2O3/c24-18-10-4-5-11-19(18)25-22(27)16-14-17(16)23(28)26-20-12-6-7-13-21(20)29-15-8-2-1-3-9-15/h1-13,16-17H,14H2,(H,25,27)(H,26,28). The van der Waals surface area contributed by atoms with Crippen LogP contribution in [-0.4, -0.2) is 11.8 Å². The summed E-state index contributed by atoms with van der Waals surface area (Å²) in [6, 6.07) is 22.3. The molecule has 0 saturated heterocycles. The van der Waals surface area contributed by atoms with Gasteiger partial charge in [0.2, 0.25) is 11.8 Å². The van der Waals surface area contributed by atoms with Crippen molar-refractivity contribution in [3.8, 4) is 11.5 Å². The van der Waals surface area contributed by atoms with Gasteiger partial charge in [0.25, 0.3) is 0 Å². The van der Waals surface area contributed by atoms with E-state index in [1.54, 1.807) is 30.3 Å². The van der Waals surface area contributed by atoms with E-state index in [9.17, 15) is 14.0 Å². The lowest BCUT2D eigenvalue weighted by Gasteiger charge is -2.12. The van der Waals surface area contributed by atoms with Crippen molar-refractivity contribution in [2.24, 2.45) is 11.8 Å². The molecular formula is C23H19FN2O3. The highest BCUT2D eigenvalue weighted by molar-refractivity contribution is 6.03. The molecule has 5 nitrogen and oxygen atoms in total. The minimum Gasteiger partial charge on any atom is -0.455 e. The van der Waals surface area contributed by atoms with Gasteiger partial charge in [-0.15, -0.1) is 0 Å². The maximum absolute atomic E-state index is 13.7. The van der Waals surface area contributed by atoms with Gasteiger partial charge in [0, 0.05) is 0 Å². The third kappa shape index (κ3) is 4.43. The lowest BCUT2D eigenvalue weighted by atomic mass is 10.2. The predicted molar refractivity (Wildman–Crippen MR) is 108 cm³/mol. The van der Waals surface area contributed by atoms with Crippen LogP contribution in [0.3, 0.4) is 0 Å². The zero-order valence-corrected chi connectivity index (χ0v) is 15.5. The second kappa shape index (κ2) is 8.14. The maximum Gasteiger partial charge on any atom is 0.228 e. The van der Waals surface area contributed by atoms with E-state index >= 15 is 0 Å². The van der Waals surface area contributed by atoms with Crippen LogP contribution in [-0.2, 0) is 9.59 Å². The summed E-state index contributed by atoms with van der Waals surface area (Å²) in [6.07, 6.45) is 0.424. The van der Waals surface area contributed by atoms with Crippen LogP contribution >= 0.6 is 0 Å². The maximum atomic E-state index is 13.7. The van der Waals surface area contributed by atoms with Crippen LogP contribution in [0.5, 0.6) is 11.5 Å². The number of anilines is 2. The molecule has 0 aliphatic heterocycles. The summed E-state index contributed by atoms with van der Waals surface area (Å²) in [5.74, 6) is -0.882. The van der Waals surface area contributed by atoms with E-state index in [4.69, 9.17) is 4.74 Å². The van der Waals surface area contributed by atoms with Crippen LogP contribution in [0.4, 0.5) is 15.8 Å². The fourth-order valence-electron chi connectivity index (χ4n) is 3.06. The molecule has 1 saturated carbocycles. The summed E-state index contributed by atoms with van der Waals surface area (Å²) in [4.78, 5) is 24.9. The van der Waals surface area contributed by atoms with E-state index < -0.39 is 17.7 Å². The van der Waals surface area contributed by atoms with E-state index in [-0.39, 0.29) is 17.5 Å².